The van der Waals surface area contributed by atoms with Crippen molar-refractivity contribution in [1.29, 1.82) is 0 Å². The number of thiocarbonyl (C=S) groups is 1. The Morgan fingerprint density at radius 1 is 1.10 bits per heavy atom. The predicted molar refractivity (Wildman–Crippen MR) is 85.8 cm³/mol. The van der Waals surface area contributed by atoms with Gasteiger partial charge in [-0.25, -0.2) is 4.39 Å². The molecule has 0 fully saturated rings. The molecule has 2 nitrogen and oxygen atoms in total. The summed E-state index contributed by atoms with van der Waals surface area (Å²) in [6, 6.07) is 13.8. The Labute approximate surface area is 128 Å². The number of anilines is 1. The SMILES string of the molecule is Fc1ccc(CCNC(=S)Nc2ccccc2Cl)cc1. The Kier molecular flexibility index (Phi) is 5.32. The highest BCUT2D eigenvalue weighted by Gasteiger charge is 2.01. The van der Waals surface area contributed by atoms with Crippen LogP contribution in [0.1, 0.15) is 5.56 Å². The molecule has 0 unspecified atom stereocenters. The molecule has 2 rings (SSSR count). The van der Waals surface area contributed by atoms with Gasteiger partial charge in [-0.1, -0.05) is 35.9 Å². The summed E-state index contributed by atoms with van der Waals surface area (Å²) < 4.78 is 12.8. The van der Waals surface area contributed by atoms with E-state index in [-0.39, 0.29) is 5.82 Å². The Bertz CT molecular complexity index is 587. The highest BCUT2D eigenvalue weighted by atomic mass is 35.5. The van der Waals surface area contributed by atoms with Crippen molar-refractivity contribution in [2.24, 2.45) is 0 Å². The van der Waals surface area contributed by atoms with Crippen molar-refractivity contribution in [3.63, 3.8) is 0 Å². The summed E-state index contributed by atoms with van der Waals surface area (Å²) in [5.74, 6) is -0.224. The van der Waals surface area contributed by atoms with Crippen LogP contribution in [0.3, 0.4) is 0 Å². The quantitative estimate of drug-likeness (QED) is 0.835. The summed E-state index contributed by atoms with van der Waals surface area (Å²) in [6.45, 7) is 0.669. The van der Waals surface area contributed by atoms with E-state index in [0.29, 0.717) is 16.7 Å². The summed E-state index contributed by atoms with van der Waals surface area (Å²) in [6.07, 6.45) is 0.768. The van der Waals surface area contributed by atoms with Crippen LogP contribution in [0.2, 0.25) is 5.02 Å². The Morgan fingerprint density at radius 2 is 1.80 bits per heavy atom. The molecule has 0 aliphatic rings. The zero-order valence-corrected chi connectivity index (χ0v) is 12.3. The third-order valence-corrected chi connectivity index (χ3v) is 3.31. The average molecular weight is 309 g/mol. The Morgan fingerprint density at radius 3 is 2.50 bits per heavy atom. The number of halogens is 2. The zero-order chi connectivity index (χ0) is 14.4. The molecule has 0 spiro atoms. The fraction of sp³-hybridized carbons (Fsp3) is 0.133. The van der Waals surface area contributed by atoms with Gasteiger partial charge in [0.25, 0.3) is 0 Å². The maximum Gasteiger partial charge on any atom is 0.170 e. The second kappa shape index (κ2) is 7.22. The summed E-state index contributed by atoms with van der Waals surface area (Å²) in [5, 5.41) is 7.26. The van der Waals surface area contributed by atoms with Crippen LogP contribution in [0, 0.1) is 5.82 Å². The number of hydrogen-bond acceptors (Lipinski definition) is 1. The van der Waals surface area contributed by atoms with Gasteiger partial charge >= 0.3 is 0 Å². The van der Waals surface area contributed by atoms with Crippen molar-refractivity contribution in [1.82, 2.24) is 5.32 Å². The van der Waals surface area contributed by atoms with Crippen molar-refractivity contribution in [3.8, 4) is 0 Å². The van der Waals surface area contributed by atoms with Crippen LogP contribution in [0.15, 0.2) is 48.5 Å². The number of rotatable bonds is 4. The molecular formula is C15H14ClFN2S. The Balaban J connectivity index is 1.78. The minimum atomic E-state index is -0.224. The van der Waals surface area contributed by atoms with Crippen molar-refractivity contribution in [2.75, 3.05) is 11.9 Å². The molecule has 2 aromatic rings. The van der Waals surface area contributed by atoms with Crippen molar-refractivity contribution in [3.05, 3.63) is 64.9 Å². The molecule has 0 amide bonds. The largest absolute Gasteiger partial charge is 0.362 e. The monoisotopic (exact) mass is 308 g/mol. The molecule has 0 heterocycles. The third kappa shape index (κ3) is 4.47. The third-order valence-electron chi connectivity index (χ3n) is 2.73. The van der Waals surface area contributed by atoms with Crippen LogP contribution in [0.25, 0.3) is 0 Å². The second-order valence-corrected chi connectivity index (χ2v) is 5.05. The van der Waals surface area contributed by atoms with Gasteiger partial charge in [-0.2, -0.15) is 0 Å². The van der Waals surface area contributed by atoms with Gasteiger partial charge in [0.1, 0.15) is 5.82 Å². The smallest absolute Gasteiger partial charge is 0.170 e. The van der Waals surface area contributed by atoms with E-state index >= 15 is 0 Å². The molecule has 5 heteroatoms. The lowest BCUT2D eigenvalue weighted by atomic mass is 10.1. The summed E-state index contributed by atoms with van der Waals surface area (Å²) >= 11 is 11.2. The molecule has 0 aromatic heterocycles. The molecule has 0 aliphatic heterocycles. The fourth-order valence-electron chi connectivity index (χ4n) is 1.70. The van der Waals surface area contributed by atoms with E-state index in [2.05, 4.69) is 10.6 Å². The number of hydrogen-bond donors (Lipinski definition) is 2. The molecule has 2 N–H and O–H groups in total. The van der Waals surface area contributed by atoms with Crippen molar-refractivity contribution in [2.45, 2.75) is 6.42 Å². The van der Waals surface area contributed by atoms with Gasteiger partial charge in [0, 0.05) is 6.54 Å². The highest BCUT2D eigenvalue weighted by Crippen LogP contribution is 2.20. The zero-order valence-electron chi connectivity index (χ0n) is 10.7. The van der Waals surface area contributed by atoms with Gasteiger partial charge in [0.15, 0.2) is 5.11 Å². The van der Waals surface area contributed by atoms with Crippen LogP contribution < -0.4 is 10.6 Å². The van der Waals surface area contributed by atoms with E-state index in [0.717, 1.165) is 17.7 Å². The molecule has 0 saturated carbocycles. The standard InChI is InChI=1S/C15H14ClFN2S/c16-13-3-1-2-4-14(13)19-15(20)18-10-9-11-5-7-12(17)8-6-11/h1-8H,9-10H2,(H2,18,19,20). The van der Waals surface area contributed by atoms with Gasteiger partial charge in [-0.05, 0) is 48.5 Å². The van der Waals surface area contributed by atoms with E-state index in [9.17, 15) is 4.39 Å². The predicted octanol–water partition coefficient (Wildman–Crippen LogP) is 4.01. The lowest BCUT2D eigenvalue weighted by molar-refractivity contribution is 0.627. The lowest BCUT2D eigenvalue weighted by Gasteiger charge is -2.11. The first-order chi connectivity index (χ1) is 9.65. The maximum absolute atomic E-state index is 12.8. The molecular weight excluding hydrogens is 295 g/mol. The van der Waals surface area contributed by atoms with Crippen molar-refractivity contribution >= 4 is 34.6 Å². The van der Waals surface area contributed by atoms with Crippen LogP contribution in [0.4, 0.5) is 10.1 Å². The van der Waals surface area contributed by atoms with Crippen LogP contribution in [-0.2, 0) is 6.42 Å². The minimum absolute atomic E-state index is 0.224. The minimum Gasteiger partial charge on any atom is -0.362 e. The fourth-order valence-corrected chi connectivity index (χ4v) is 2.10. The summed E-state index contributed by atoms with van der Waals surface area (Å²) in [7, 11) is 0. The Hall–Kier alpha value is -1.65. The van der Waals surface area contributed by atoms with Crippen LogP contribution in [-0.4, -0.2) is 11.7 Å². The first-order valence-corrected chi connectivity index (χ1v) is 6.97. The summed E-state index contributed by atoms with van der Waals surface area (Å²) in [5.41, 5.74) is 1.83. The maximum atomic E-state index is 12.8. The molecule has 0 saturated heterocycles. The van der Waals surface area contributed by atoms with Crippen LogP contribution in [0.5, 0.6) is 0 Å². The molecule has 0 aliphatic carbocycles. The first-order valence-electron chi connectivity index (χ1n) is 6.19. The first kappa shape index (κ1) is 14.8. The van der Waals surface area contributed by atoms with Gasteiger partial charge < -0.3 is 10.6 Å². The van der Waals surface area contributed by atoms with E-state index in [4.69, 9.17) is 23.8 Å². The summed E-state index contributed by atoms with van der Waals surface area (Å²) in [4.78, 5) is 0. The van der Waals surface area contributed by atoms with E-state index in [1.54, 1.807) is 18.2 Å². The van der Waals surface area contributed by atoms with Crippen LogP contribution >= 0.6 is 23.8 Å². The number of benzene rings is 2. The van der Waals surface area contributed by atoms with Gasteiger partial charge in [0.2, 0.25) is 0 Å². The topological polar surface area (TPSA) is 24.1 Å². The lowest BCUT2D eigenvalue weighted by Crippen LogP contribution is -2.30. The normalized spacial score (nSPS) is 10.1. The van der Waals surface area contributed by atoms with Gasteiger partial charge in [-0.3, -0.25) is 0 Å². The van der Waals surface area contributed by atoms with Gasteiger partial charge in [-0.15, -0.1) is 0 Å². The number of para-hydroxylation sites is 1. The molecule has 0 atom stereocenters. The highest BCUT2D eigenvalue weighted by molar-refractivity contribution is 7.80. The van der Waals surface area contributed by atoms with Crippen molar-refractivity contribution < 1.29 is 4.39 Å². The van der Waals surface area contributed by atoms with E-state index in [1.165, 1.54) is 12.1 Å². The second-order valence-electron chi connectivity index (χ2n) is 4.24. The van der Waals surface area contributed by atoms with E-state index in [1.807, 2.05) is 18.2 Å². The molecule has 0 bridgehead atoms. The molecule has 104 valence electrons. The molecule has 0 radical (unpaired) electrons. The molecule has 2 aromatic carbocycles. The number of nitrogens with one attached hydrogen (secondary N) is 2. The average Bonchev–Trinajstić information content (AvgIpc) is 2.44. The molecule has 20 heavy (non-hydrogen) atoms. The van der Waals surface area contributed by atoms with E-state index < -0.39 is 0 Å². The van der Waals surface area contributed by atoms with Gasteiger partial charge in [0.05, 0.1) is 10.7 Å².